The Labute approximate surface area is 190 Å². The number of rotatable bonds is 4. The lowest BCUT2D eigenvalue weighted by atomic mass is 9.50. The molecule has 8 heteroatoms. The predicted molar refractivity (Wildman–Crippen MR) is 113 cm³/mol. The summed E-state index contributed by atoms with van der Waals surface area (Å²) in [7, 11) is 2.10. The fourth-order valence-corrected chi connectivity index (χ4v) is 4.68. The number of carbonyl (C=O) groups is 3. The van der Waals surface area contributed by atoms with Crippen molar-refractivity contribution in [3.8, 4) is 12.1 Å². The van der Waals surface area contributed by atoms with E-state index in [4.69, 9.17) is 9.47 Å². The molecule has 0 radical (unpaired) electrons. The molecule has 0 aliphatic heterocycles. The van der Waals surface area contributed by atoms with E-state index in [1.54, 1.807) is 24.3 Å². The SMILES string of the molecule is COC(=O)C1C(=O)C(C(=O)OC)C(c2ccccc2F)C(C#N)(C#N)C1c1ccc(C)cc1. The molecule has 7 nitrogen and oxygen atoms in total. The lowest BCUT2D eigenvalue weighted by molar-refractivity contribution is -0.162. The van der Waals surface area contributed by atoms with Crippen LogP contribution in [0.15, 0.2) is 48.5 Å². The van der Waals surface area contributed by atoms with Gasteiger partial charge in [-0.15, -0.1) is 0 Å². The van der Waals surface area contributed by atoms with Crippen molar-refractivity contribution in [3.05, 3.63) is 71.0 Å². The number of ketones is 1. The molecule has 0 bridgehead atoms. The van der Waals surface area contributed by atoms with Crippen LogP contribution in [-0.2, 0) is 23.9 Å². The first-order chi connectivity index (χ1) is 15.8. The third-order valence-corrected chi connectivity index (χ3v) is 6.22. The van der Waals surface area contributed by atoms with Crippen molar-refractivity contribution in [3.63, 3.8) is 0 Å². The van der Waals surface area contributed by atoms with Gasteiger partial charge in [-0.3, -0.25) is 14.4 Å². The Morgan fingerprint density at radius 2 is 1.42 bits per heavy atom. The van der Waals surface area contributed by atoms with Crippen LogP contribution in [0.2, 0.25) is 0 Å². The molecule has 4 atom stereocenters. The minimum Gasteiger partial charge on any atom is -0.468 e. The number of methoxy groups -OCH3 is 2. The van der Waals surface area contributed by atoms with Crippen LogP contribution < -0.4 is 0 Å². The van der Waals surface area contributed by atoms with Crippen LogP contribution in [0.1, 0.15) is 28.5 Å². The Hall–Kier alpha value is -4.04. The lowest BCUT2D eigenvalue weighted by Crippen LogP contribution is -2.55. The quantitative estimate of drug-likeness (QED) is 0.521. The second-order valence-electron chi connectivity index (χ2n) is 7.88. The topological polar surface area (TPSA) is 117 Å². The van der Waals surface area contributed by atoms with Gasteiger partial charge in [0.1, 0.15) is 17.7 Å². The molecule has 0 spiro atoms. The van der Waals surface area contributed by atoms with Gasteiger partial charge >= 0.3 is 11.9 Å². The molecule has 1 aliphatic carbocycles. The van der Waals surface area contributed by atoms with E-state index in [1.807, 2.05) is 19.1 Å². The molecule has 2 aromatic carbocycles. The zero-order valence-electron chi connectivity index (χ0n) is 18.2. The highest BCUT2D eigenvalue weighted by Gasteiger charge is 2.66. The van der Waals surface area contributed by atoms with Gasteiger partial charge in [0.05, 0.1) is 26.4 Å². The zero-order valence-corrected chi connectivity index (χ0v) is 18.2. The number of carbonyl (C=O) groups excluding carboxylic acids is 3. The van der Waals surface area contributed by atoms with Gasteiger partial charge in [0.15, 0.2) is 11.2 Å². The number of aryl methyl sites for hydroxylation is 1. The summed E-state index contributed by atoms with van der Waals surface area (Å²) in [5.74, 6) is -10.0. The lowest BCUT2D eigenvalue weighted by Gasteiger charge is -2.46. The number of hydrogen-bond acceptors (Lipinski definition) is 7. The molecule has 1 aliphatic rings. The average Bonchev–Trinajstić information content (AvgIpc) is 2.83. The average molecular weight is 448 g/mol. The number of nitrogens with zero attached hydrogens (tertiary/aromatic N) is 2. The molecule has 33 heavy (non-hydrogen) atoms. The third kappa shape index (κ3) is 3.74. The van der Waals surface area contributed by atoms with E-state index in [2.05, 4.69) is 0 Å². The smallest absolute Gasteiger partial charge is 0.316 e. The number of esters is 2. The summed E-state index contributed by atoms with van der Waals surface area (Å²) >= 11 is 0. The van der Waals surface area contributed by atoms with Crippen LogP contribution in [0.4, 0.5) is 4.39 Å². The Morgan fingerprint density at radius 3 is 1.91 bits per heavy atom. The first-order valence-electron chi connectivity index (χ1n) is 10.1. The predicted octanol–water partition coefficient (Wildman–Crippen LogP) is 3.20. The van der Waals surface area contributed by atoms with E-state index in [0.717, 1.165) is 25.8 Å². The summed E-state index contributed by atoms with van der Waals surface area (Å²) in [4.78, 5) is 39.3. The van der Waals surface area contributed by atoms with Crippen LogP contribution in [-0.4, -0.2) is 31.9 Å². The van der Waals surface area contributed by atoms with E-state index in [-0.39, 0.29) is 5.56 Å². The number of halogens is 1. The van der Waals surface area contributed by atoms with Gasteiger partial charge in [0.2, 0.25) is 0 Å². The fourth-order valence-electron chi connectivity index (χ4n) is 4.68. The van der Waals surface area contributed by atoms with Crippen molar-refractivity contribution in [1.82, 2.24) is 0 Å². The maximum atomic E-state index is 15.0. The molecule has 0 amide bonds. The molecular formula is C25H21FN2O5. The number of benzene rings is 2. The van der Waals surface area contributed by atoms with Crippen molar-refractivity contribution in [2.75, 3.05) is 14.2 Å². The van der Waals surface area contributed by atoms with Crippen LogP contribution in [0.3, 0.4) is 0 Å². The van der Waals surface area contributed by atoms with Gasteiger partial charge in [0.25, 0.3) is 0 Å². The highest BCUT2D eigenvalue weighted by molar-refractivity contribution is 6.11. The van der Waals surface area contributed by atoms with Crippen molar-refractivity contribution in [2.24, 2.45) is 17.3 Å². The van der Waals surface area contributed by atoms with E-state index in [9.17, 15) is 29.3 Å². The van der Waals surface area contributed by atoms with E-state index < -0.39 is 52.6 Å². The molecule has 0 N–H and O–H groups in total. The molecule has 4 unspecified atom stereocenters. The monoisotopic (exact) mass is 448 g/mol. The first kappa shape index (κ1) is 23.6. The van der Waals surface area contributed by atoms with Crippen LogP contribution in [0, 0.1) is 52.7 Å². The van der Waals surface area contributed by atoms with Crippen molar-refractivity contribution in [1.29, 1.82) is 10.5 Å². The summed E-state index contributed by atoms with van der Waals surface area (Å²) in [6, 6.07) is 15.8. The molecule has 0 saturated heterocycles. The number of ether oxygens (including phenoxy) is 2. The van der Waals surface area contributed by atoms with Crippen LogP contribution in [0.25, 0.3) is 0 Å². The third-order valence-electron chi connectivity index (χ3n) is 6.22. The molecule has 0 heterocycles. The molecule has 2 aromatic rings. The van der Waals surface area contributed by atoms with Crippen LogP contribution in [0.5, 0.6) is 0 Å². The minimum absolute atomic E-state index is 0.162. The van der Waals surface area contributed by atoms with Gasteiger partial charge < -0.3 is 9.47 Å². The summed E-state index contributed by atoms with van der Waals surface area (Å²) < 4.78 is 24.6. The standard InChI is InChI=1S/C25H21FN2O5/c1-14-8-10-15(11-9-14)20-18(23(30)32-2)22(29)19(24(31)33-3)21(25(20,12-27)13-28)16-6-4-5-7-17(16)26/h4-11,18-21H,1-3H3. The number of hydrogen-bond donors (Lipinski definition) is 0. The van der Waals surface area contributed by atoms with Crippen molar-refractivity contribution in [2.45, 2.75) is 18.8 Å². The molecule has 1 saturated carbocycles. The number of Topliss-reactive ketones (excluding diaryl/α,β-unsaturated/α-hetero) is 1. The highest BCUT2D eigenvalue weighted by atomic mass is 19.1. The molecule has 1 fully saturated rings. The largest absolute Gasteiger partial charge is 0.468 e. The Balaban J connectivity index is 2.43. The van der Waals surface area contributed by atoms with E-state index in [0.29, 0.717) is 5.56 Å². The zero-order chi connectivity index (χ0) is 24.3. The van der Waals surface area contributed by atoms with Gasteiger partial charge in [-0.25, -0.2) is 4.39 Å². The number of nitriles is 2. The second-order valence-corrected chi connectivity index (χ2v) is 7.88. The van der Waals surface area contributed by atoms with Crippen molar-refractivity contribution >= 4 is 17.7 Å². The molecule has 168 valence electrons. The Morgan fingerprint density at radius 1 is 0.909 bits per heavy atom. The molecule has 3 rings (SSSR count). The van der Waals surface area contributed by atoms with Gasteiger partial charge in [0, 0.05) is 11.8 Å². The summed E-state index contributed by atoms with van der Waals surface area (Å²) in [6.07, 6.45) is 0. The van der Waals surface area contributed by atoms with E-state index >= 15 is 0 Å². The van der Waals surface area contributed by atoms with Gasteiger partial charge in [-0.05, 0) is 24.1 Å². The Kier molecular flexibility index (Phi) is 6.60. The fraction of sp³-hybridized carbons (Fsp3) is 0.320. The second kappa shape index (κ2) is 9.22. The van der Waals surface area contributed by atoms with Gasteiger partial charge in [-0.1, -0.05) is 48.0 Å². The maximum Gasteiger partial charge on any atom is 0.316 e. The summed E-state index contributed by atoms with van der Waals surface area (Å²) in [5, 5.41) is 20.7. The Bertz CT molecular complexity index is 1160. The van der Waals surface area contributed by atoms with Crippen molar-refractivity contribution < 1.29 is 28.2 Å². The normalized spacial score (nSPS) is 23.6. The summed E-state index contributed by atoms with van der Waals surface area (Å²) in [6.45, 7) is 1.82. The molecular weight excluding hydrogens is 427 g/mol. The van der Waals surface area contributed by atoms with Gasteiger partial charge in [-0.2, -0.15) is 10.5 Å². The minimum atomic E-state index is -2.18. The molecule has 0 aromatic heterocycles. The highest BCUT2D eigenvalue weighted by Crippen LogP contribution is 2.58. The maximum absolute atomic E-state index is 15.0. The van der Waals surface area contributed by atoms with E-state index in [1.165, 1.54) is 18.2 Å². The summed E-state index contributed by atoms with van der Waals surface area (Å²) in [5.41, 5.74) is -1.13. The van der Waals surface area contributed by atoms with Crippen LogP contribution >= 0.6 is 0 Å². The first-order valence-corrected chi connectivity index (χ1v) is 10.1.